The Morgan fingerprint density at radius 3 is 1.05 bits per heavy atom. The van der Waals surface area contributed by atoms with Crippen LogP contribution in [0.3, 0.4) is 0 Å². The van der Waals surface area contributed by atoms with Gasteiger partial charge in [-0.3, -0.25) is 0 Å². The number of fused-ring (bicyclic) bond motifs is 18. The van der Waals surface area contributed by atoms with Crippen molar-refractivity contribution in [1.29, 1.82) is 0 Å². The van der Waals surface area contributed by atoms with Crippen LogP contribution in [0.5, 0.6) is 0 Å². The standard InChI is InChI=1S/C64H43N/c1-2-18-42(19-3-1)49-22-10-17-33-62(49)65(47-36-34-45-38-43-20-4-11-27-54(43)63(60(45)40-47)56-29-13-6-23-50(56)51-24-7-14-30-57(51)63)48-37-35-46-39-44-21-5-12-28-55(44)64(61(46)41-48)58-31-15-8-25-52(58)53-26-9-16-32-59(53)64/h1-37,40-41H,38-39H2. The Bertz CT molecular complexity index is 3290. The van der Waals surface area contributed by atoms with Crippen molar-refractivity contribution in [2.24, 2.45) is 0 Å². The highest BCUT2D eigenvalue weighted by Gasteiger charge is 2.51. The number of benzene rings is 10. The molecule has 0 aliphatic heterocycles. The molecule has 0 aromatic heterocycles. The second kappa shape index (κ2) is 13.7. The smallest absolute Gasteiger partial charge is 0.0719 e. The Labute approximate surface area is 380 Å². The minimum Gasteiger partial charge on any atom is -0.310 e. The Morgan fingerprint density at radius 1 is 0.262 bits per heavy atom. The molecule has 0 unspecified atom stereocenters. The van der Waals surface area contributed by atoms with E-state index in [9.17, 15) is 0 Å². The van der Waals surface area contributed by atoms with Gasteiger partial charge in [-0.1, -0.05) is 206 Å². The summed E-state index contributed by atoms with van der Waals surface area (Å²) >= 11 is 0. The third-order valence-corrected chi connectivity index (χ3v) is 15.3. The molecule has 0 saturated carbocycles. The lowest BCUT2D eigenvalue weighted by Crippen LogP contribution is -2.35. The van der Waals surface area contributed by atoms with Crippen molar-refractivity contribution in [2.45, 2.75) is 23.7 Å². The van der Waals surface area contributed by atoms with Gasteiger partial charge in [0.15, 0.2) is 0 Å². The SMILES string of the molecule is c1ccc(-c2ccccc2N(c2ccc3c(c2)C2(c4ccccc4C3)c3ccccc3-c3ccccc32)c2ccc3c(c2)C2(c4ccccc4C3)c3ccccc3-c3ccccc32)cc1. The Balaban J connectivity index is 1.06. The third-order valence-electron chi connectivity index (χ3n) is 15.3. The Morgan fingerprint density at radius 2 is 0.600 bits per heavy atom. The van der Waals surface area contributed by atoms with Gasteiger partial charge in [0.1, 0.15) is 0 Å². The summed E-state index contributed by atoms with van der Waals surface area (Å²) in [4.78, 5) is 2.56. The van der Waals surface area contributed by atoms with Gasteiger partial charge in [0, 0.05) is 16.9 Å². The minimum atomic E-state index is -0.473. The van der Waals surface area contributed by atoms with Crippen LogP contribution in [0.4, 0.5) is 17.1 Å². The molecule has 4 aliphatic carbocycles. The second-order valence-electron chi connectivity index (χ2n) is 18.3. The van der Waals surface area contributed by atoms with Gasteiger partial charge in [-0.2, -0.15) is 0 Å². The van der Waals surface area contributed by atoms with Crippen LogP contribution in [0.25, 0.3) is 33.4 Å². The molecule has 304 valence electrons. The normalized spacial score (nSPS) is 14.6. The van der Waals surface area contributed by atoms with E-state index in [1.54, 1.807) is 0 Å². The summed E-state index contributed by atoms with van der Waals surface area (Å²) in [7, 11) is 0. The van der Waals surface area contributed by atoms with Crippen LogP contribution in [0.1, 0.15) is 66.8 Å². The summed E-state index contributed by atoms with van der Waals surface area (Å²) in [6.45, 7) is 0. The van der Waals surface area contributed by atoms with Crippen molar-refractivity contribution >= 4 is 17.1 Å². The number of rotatable bonds is 4. The lowest BCUT2D eigenvalue weighted by Gasteiger charge is -2.42. The molecule has 0 saturated heterocycles. The topological polar surface area (TPSA) is 3.24 Å². The number of nitrogens with zero attached hydrogens (tertiary/aromatic N) is 1. The van der Waals surface area contributed by atoms with Gasteiger partial charge in [0.05, 0.1) is 16.5 Å². The van der Waals surface area contributed by atoms with Crippen LogP contribution in [-0.2, 0) is 23.7 Å². The molecule has 4 aliphatic rings. The quantitative estimate of drug-likeness (QED) is 0.171. The summed E-state index contributed by atoms with van der Waals surface area (Å²) in [5.74, 6) is 0. The van der Waals surface area contributed by atoms with Gasteiger partial charge < -0.3 is 4.90 Å². The van der Waals surface area contributed by atoms with E-state index in [1.807, 2.05) is 0 Å². The molecule has 0 atom stereocenters. The first-order valence-corrected chi connectivity index (χ1v) is 23.0. The number of anilines is 3. The molecule has 65 heavy (non-hydrogen) atoms. The maximum atomic E-state index is 2.56. The first kappa shape index (κ1) is 36.5. The zero-order valence-corrected chi connectivity index (χ0v) is 35.9. The summed E-state index contributed by atoms with van der Waals surface area (Å²) in [6, 6.07) is 89.6. The van der Waals surface area contributed by atoms with E-state index in [4.69, 9.17) is 0 Å². The van der Waals surface area contributed by atoms with E-state index in [2.05, 4.69) is 241 Å². The van der Waals surface area contributed by atoms with Gasteiger partial charge in [-0.15, -0.1) is 0 Å². The molecule has 0 N–H and O–H groups in total. The largest absolute Gasteiger partial charge is 0.310 e. The first-order valence-electron chi connectivity index (χ1n) is 23.0. The average molecular weight is 826 g/mol. The predicted octanol–water partition coefficient (Wildman–Crippen LogP) is 15.4. The number of hydrogen-bond acceptors (Lipinski definition) is 1. The molecule has 10 aromatic rings. The fraction of sp³-hybridized carbons (Fsp3) is 0.0625. The van der Waals surface area contributed by atoms with Crippen molar-refractivity contribution in [3.8, 4) is 33.4 Å². The fourth-order valence-electron chi connectivity index (χ4n) is 12.8. The van der Waals surface area contributed by atoms with Crippen LogP contribution in [-0.4, -0.2) is 0 Å². The summed E-state index contributed by atoms with van der Waals surface area (Å²) in [5.41, 5.74) is 26.6. The maximum Gasteiger partial charge on any atom is 0.0719 e. The molecule has 0 amide bonds. The summed E-state index contributed by atoms with van der Waals surface area (Å²) < 4.78 is 0. The van der Waals surface area contributed by atoms with Crippen molar-refractivity contribution in [3.63, 3.8) is 0 Å². The van der Waals surface area contributed by atoms with E-state index in [-0.39, 0.29) is 0 Å². The molecule has 10 aromatic carbocycles. The van der Waals surface area contributed by atoms with Crippen LogP contribution in [0.2, 0.25) is 0 Å². The van der Waals surface area contributed by atoms with Crippen molar-refractivity contribution in [2.75, 3.05) is 4.90 Å². The second-order valence-corrected chi connectivity index (χ2v) is 18.3. The molecule has 0 bridgehead atoms. The highest BCUT2D eigenvalue weighted by molar-refractivity contribution is 5.93. The van der Waals surface area contributed by atoms with Gasteiger partial charge in [-0.05, 0) is 138 Å². The van der Waals surface area contributed by atoms with E-state index in [0.29, 0.717) is 0 Å². The van der Waals surface area contributed by atoms with Gasteiger partial charge in [-0.25, -0.2) is 0 Å². The van der Waals surface area contributed by atoms with Gasteiger partial charge in [0.2, 0.25) is 0 Å². The minimum absolute atomic E-state index is 0.473. The van der Waals surface area contributed by atoms with Crippen LogP contribution >= 0.6 is 0 Å². The summed E-state index contributed by atoms with van der Waals surface area (Å²) in [5, 5.41) is 0. The lowest BCUT2D eigenvalue weighted by atomic mass is 9.61. The van der Waals surface area contributed by atoms with E-state index >= 15 is 0 Å². The van der Waals surface area contributed by atoms with E-state index < -0.39 is 10.8 Å². The summed E-state index contributed by atoms with van der Waals surface area (Å²) in [6.07, 6.45) is 1.77. The van der Waals surface area contributed by atoms with Crippen molar-refractivity contribution in [1.82, 2.24) is 0 Å². The van der Waals surface area contributed by atoms with E-state index in [1.165, 1.54) is 100 Å². The Kier molecular flexibility index (Phi) is 7.72. The zero-order valence-electron chi connectivity index (χ0n) is 35.9. The molecule has 1 nitrogen and oxygen atoms in total. The van der Waals surface area contributed by atoms with Crippen LogP contribution in [0.15, 0.2) is 237 Å². The zero-order chi connectivity index (χ0) is 42.7. The molecular formula is C64H43N. The predicted molar refractivity (Wildman–Crippen MR) is 267 cm³/mol. The maximum absolute atomic E-state index is 2.56. The molecule has 0 heterocycles. The molecule has 1 heteroatoms. The van der Waals surface area contributed by atoms with Gasteiger partial charge in [0.25, 0.3) is 0 Å². The van der Waals surface area contributed by atoms with Crippen LogP contribution < -0.4 is 4.90 Å². The highest BCUT2D eigenvalue weighted by Crippen LogP contribution is 2.62. The number of para-hydroxylation sites is 1. The van der Waals surface area contributed by atoms with E-state index in [0.717, 1.165) is 29.9 Å². The highest BCUT2D eigenvalue weighted by atomic mass is 15.1. The first-order chi connectivity index (χ1) is 32.2. The molecule has 0 fully saturated rings. The van der Waals surface area contributed by atoms with Crippen molar-refractivity contribution < 1.29 is 0 Å². The monoisotopic (exact) mass is 825 g/mol. The molecule has 2 spiro atoms. The average Bonchev–Trinajstić information content (AvgIpc) is 3.83. The molecular weight excluding hydrogens is 783 g/mol. The molecule has 0 radical (unpaired) electrons. The lowest BCUT2D eigenvalue weighted by molar-refractivity contribution is 0.721. The fourth-order valence-corrected chi connectivity index (χ4v) is 12.8. The van der Waals surface area contributed by atoms with Gasteiger partial charge >= 0.3 is 0 Å². The number of hydrogen-bond donors (Lipinski definition) is 0. The van der Waals surface area contributed by atoms with Crippen molar-refractivity contribution in [3.05, 3.63) is 303 Å². The molecule has 14 rings (SSSR count). The third kappa shape index (κ3) is 4.88. The Hall–Kier alpha value is -8.00. The van der Waals surface area contributed by atoms with Crippen LogP contribution in [0, 0.1) is 0 Å².